The van der Waals surface area contributed by atoms with Crippen LogP contribution in [0.25, 0.3) is 0 Å². The van der Waals surface area contributed by atoms with Gasteiger partial charge < -0.3 is 10.1 Å². The number of carbonyl (C=O) groups is 1. The molecule has 0 aromatic heterocycles. The highest BCUT2D eigenvalue weighted by Crippen LogP contribution is 2.35. The van der Waals surface area contributed by atoms with Gasteiger partial charge in [0.25, 0.3) is 0 Å². The zero-order valence-corrected chi connectivity index (χ0v) is 12.9. The van der Waals surface area contributed by atoms with E-state index in [0.717, 1.165) is 12.3 Å². The molecule has 0 aliphatic heterocycles. The van der Waals surface area contributed by atoms with Gasteiger partial charge in [-0.25, -0.2) is 0 Å². The van der Waals surface area contributed by atoms with E-state index in [9.17, 15) is 4.79 Å². The molecule has 0 heterocycles. The second-order valence-corrected chi connectivity index (χ2v) is 5.85. The van der Waals surface area contributed by atoms with E-state index in [1.165, 1.54) is 16.7 Å². The Labute approximate surface area is 116 Å². The SMILES string of the molecule is COc1cc(C)cc(C)c1C(C)(C)CNCC(C)=O. The van der Waals surface area contributed by atoms with Crippen molar-refractivity contribution in [2.75, 3.05) is 20.2 Å². The number of aryl methyl sites for hydroxylation is 2. The molecule has 0 radical (unpaired) electrons. The largest absolute Gasteiger partial charge is 0.496 e. The number of methoxy groups -OCH3 is 1. The molecular formula is C16H25NO2. The van der Waals surface area contributed by atoms with Gasteiger partial charge in [0.05, 0.1) is 13.7 Å². The first kappa shape index (κ1) is 15.7. The van der Waals surface area contributed by atoms with Crippen LogP contribution in [0.5, 0.6) is 5.75 Å². The van der Waals surface area contributed by atoms with Crippen molar-refractivity contribution >= 4 is 5.78 Å². The average Bonchev–Trinajstić information content (AvgIpc) is 2.26. The lowest BCUT2D eigenvalue weighted by molar-refractivity contribution is -0.116. The molecule has 0 bridgehead atoms. The van der Waals surface area contributed by atoms with Crippen molar-refractivity contribution in [1.29, 1.82) is 0 Å². The summed E-state index contributed by atoms with van der Waals surface area (Å²) in [6.45, 7) is 11.3. The molecule has 0 atom stereocenters. The standard InChI is InChI=1S/C16H25NO2/c1-11-7-12(2)15(14(8-11)19-6)16(4,5)10-17-9-13(3)18/h7-8,17H,9-10H2,1-6H3. The molecule has 3 nitrogen and oxygen atoms in total. The number of hydrogen-bond acceptors (Lipinski definition) is 3. The van der Waals surface area contributed by atoms with Crippen molar-refractivity contribution in [3.63, 3.8) is 0 Å². The van der Waals surface area contributed by atoms with Crippen LogP contribution in [0.1, 0.15) is 37.5 Å². The molecular weight excluding hydrogens is 238 g/mol. The molecule has 0 saturated heterocycles. The Morgan fingerprint density at radius 1 is 1.32 bits per heavy atom. The monoisotopic (exact) mass is 263 g/mol. The van der Waals surface area contributed by atoms with E-state index in [0.29, 0.717) is 6.54 Å². The Balaban J connectivity index is 3.02. The van der Waals surface area contributed by atoms with Crippen molar-refractivity contribution in [1.82, 2.24) is 5.32 Å². The average molecular weight is 263 g/mol. The molecule has 1 aromatic rings. The van der Waals surface area contributed by atoms with E-state index < -0.39 is 0 Å². The van der Waals surface area contributed by atoms with Crippen molar-refractivity contribution in [3.05, 3.63) is 28.8 Å². The minimum absolute atomic E-state index is 0.0847. The maximum atomic E-state index is 11.0. The number of carbonyl (C=O) groups excluding carboxylic acids is 1. The highest BCUT2D eigenvalue weighted by atomic mass is 16.5. The summed E-state index contributed by atoms with van der Waals surface area (Å²) in [4.78, 5) is 11.0. The second-order valence-electron chi connectivity index (χ2n) is 5.85. The quantitative estimate of drug-likeness (QED) is 0.857. The summed E-state index contributed by atoms with van der Waals surface area (Å²) in [5.41, 5.74) is 3.55. The lowest BCUT2D eigenvalue weighted by atomic mass is 9.80. The summed E-state index contributed by atoms with van der Waals surface area (Å²) in [5.74, 6) is 1.08. The summed E-state index contributed by atoms with van der Waals surface area (Å²) in [6, 6.07) is 4.24. The summed E-state index contributed by atoms with van der Waals surface area (Å²) in [6.07, 6.45) is 0. The number of rotatable bonds is 6. The number of hydrogen-bond donors (Lipinski definition) is 1. The zero-order valence-electron chi connectivity index (χ0n) is 12.9. The molecule has 0 saturated carbocycles. The number of ketones is 1. The van der Waals surface area contributed by atoms with Gasteiger partial charge in [-0.1, -0.05) is 19.9 Å². The van der Waals surface area contributed by atoms with Crippen molar-refractivity contribution in [3.8, 4) is 5.75 Å². The van der Waals surface area contributed by atoms with Crippen LogP contribution in [-0.4, -0.2) is 26.0 Å². The fraction of sp³-hybridized carbons (Fsp3) is 0.562. The lowest BCUT2D eigenvalue weighted by Gasteiger charge is -2.29. The van der Waals surface area contributed by atoms with E-state index in [-0.39, 0.29) is 11.2 Å². The molecule has 1 rings (SSSR count). The van der Waals surface area contributed by atoms with Crippen molar-refractivity contribution < 1.29 is 9.53 Å². The smallest absolute Gasteiger partial charge is 0.143 e. The van der Waals surface area contributed by atoms with Crippen LogP contribution in [0.15, 0.2) is 12.1 Å². The Bertz CT molecular complexity index is 464. The molecule has 0 fully saturated rings. The van der Waals surface area contributed by atoms with Gasteiger partial charge in [0, 0.05) is 17.5 Å². The van der Waals surface area contributed by atoms with Crippen LogP contribution < -0.4 is 10.1 Å². The Morgan fingerprint density at radius 3 is 2.47 bits per heavy atom. The van der Waals surface area contributed by atoms with Crippen LogP contribution in [0.4, 0.5) is 0 Å². The molecule has 19 heavy (non-hydrogen) atoms. The summed E-state index contributed by atoms with van der Waals surface area (Å²) < 4.78 is 5.53. The normalized spacial score (nSPS) is 11.5. The molecule has 0 unspecified atom stereocenters. The first-order valence-electron chi connectivity index (χ1n) is 6.64. The molecule has 106 valence electrons. The fourth-order valence-electron chi connectivity index (χ4n) is 2.60. The fourth-order valence-corrected chi connectivity index (χ4v) is 2.60. The van der Waals surface area contributed by atoms with E-state index in [4.69, 9.17) is 4.74 Å². The zero-order chi connectivity index (χ0) is 14.6. The van der Waals surface area contributed by atoms with E-state index in [2.05, 4.69) is 45.1 Å². The van der Waals surface area contributed by atoms with Crippen molar-refractivity contribution in [2.45, 2.75) is 40.0 Å². The minimum atomic E-state index is -0.0847. The Morgan fingerprint density at radius 2 is 1.95 bits per heavy atom. The summed E-state index contributed by atoms with van der Waals surface area (Å²) in [5, 5.41) is 3.21. The number of Topliss-reactive ketones (excluding diaryl/α,β-unsaturated/α-hetero) is 1. The van der Waals surface area contributed by atoms with Crippen LogP contribution in [0, 0.1) is 13.8 Å². The lowest BCUT2D eigenvalue weighted by Crippen LogP contribution is -2.36. The topological polar surface area (TPSA) is 38.3 Å². The summed E-state index contributed by atoms with van der Waals surface area (Å²) >= 11 is 0. The van der Waals surface area contributed by atoms with Gasteiger partial charge in [0.2, 0.25) is 0 Å². The molecule has 0 aliphatic rings. The van der Waals surface area contributed by atoms with Gasteiger partial charge >= 0.3 is 0 Å². The van der Waals surface area contributed by atoms with Gasteiger partial charge in [-0.2, -0.15) is 0 Å². The third-order valence-electron chi connectivity index (χ3n) is 3.28. The maximum absolute atomic E-state index is 11.0. The third-order valence-corrected chi connectivity index (χ3v) is 3.28. The van der Waals surface area contributed by atoms with Gasteiger partial charge in [-0.3, -0.25) is 4.79 Å². The number of benzene rings is 1. The van der Waals surface area contributed by atoms with Gasteiger partial charge in [0.1, 0.15) is 11.5 Å². The van der Waals surface area contributed by atoms with Gasteiger partial charge in [-0.05, 0) is 38.0 Å². The van der Waals surface area contributed by atoms with Gasteiger partial charge in [0.15, 0.2) is 0 Å². The predicted molar refractivity (Wildman–Crippen MR) is 79.0 cm³/mol. The maximum Gasteiger partial charge on any atom is 0.143 e. The van der Waals surface area contributed by atoms with Crippen molar-refractivity contribution in [2.24, 2.45) is 0 Å². The Kier molecular flexibility index (Phi) is 5.12. The molecule has 3 heteroatoms. The van der Waals surface area contributed by atoms with E-state index in [1.54, 1.807) is 14.0 Å². The second kappa shape index (κ2) is 6.20. The molecule has 1 aromatic carbocycles. The van der Waals surface area contributed by atoms with Crippen LogP contribution in [0.2, 0.25) is 0 Å². The predicted octanol–water partition coefficient (Wildman–Crippen LogP) is 2.77. The first-order chi connectivity index (χ1) is 8.77. The first-order valence-corrected chi connectivity index (χ1v) is 6.64. The summed E-state index contributed by atoms with van der Waals surface area (Å²) in [7, 11) is 1.71. The van der Waals surface area contributed by atoms with Crippen LogP contribution in [0.3, 0.4) is 0 Å². The highest BCUT2D eigenvalue weighted by Gasteiger charge is 2.26. The van der Waals surface area contributed by atoms with Crippen LogP contribution >= 0.6 is 0 Å². The molecule has 0 aliphatic carbocycles. The minimum Gasteiger partial charge on any atom is -0.496 e. The van der Waals surface area contributed by atoms with Crippen LogP contribution in [-0.2, 0) is 10.2 Å². The number of nitrogens with one attached hydrogen (secondary N) is 1. The number of ether oxygens (including phenoxy) is 1. The molecule has 1 N–H and O–H groups in total. The molecule has 0 spiro atoms. The Hall–Kier alpha value is -1.35. The van der Waals surface area contributed by atoms with Gasteiger partial charge in [-0.15, -0.1) is 0 Å². The van der Waals surface area contributed by atoms with E-state index >= 15 is 0 Å². The molecule has 0 amide bonds. The highest BCUT2D eigenvalue weighted by molar-refractivity contribution is 5.77. The third kappa shape index (κ3) is 4.06. The van der Waals surface area contributed by atoms with E-state index in [1.807, 2.05) is 0 Å².